The van der Waals surface area contributed by atoms with Gasteiger partial charge in [0.15, 0.2) is 16.8 Å². The van der Waals surface area contributed by atoms with E-state index in [2.05, 4.69) is 32.6 Å². The number of rotatable bonds is 12. The normalized spacial score (nSPS) is 18.5. The number of nitrogens with one attached hydrogen (secondary N) is 2. The number of carbonyl (C=O) groups excluding carboxylic acids is 2. The Bertz CT molecular complexity index is 863. The molecule has 1 aliphatic carbocycles. The van der Waals surface area contributed by atoms with Crippen molar-refractivity contribution in [2.45, 2.75) is 56.1 Å². The highest BCUT2D eigenvalue weighted by Crippen LogP contribution is 2.36. The van der Waals surface area contributed by atoms with Gasteiger partial charge in [-0.1, -0.05) is 44.4 Å². The number of hydrazine groups is 1. The average molecular weight is 498 g/mol. The number of halogens is 1. The standard InChI is InChI=1S/C22H36FN7O3S/c1-5-22(28(2)3)12-29(13-22)19-17(23)18(24-21(25-19)34-4)26-27-20(32)16(11-30(33)14-31)10-15-8-6-7-9-15/h14-16,33H,5-13H2,1-4H3,(H,27,32)(H,24,25,26)/t16-/m1/s1. The van der Waals surface area contributed by atoms with Crippen LogP contribution in [0.5, 0.6) is 0 Å². The fraction of sp³-hybridized carbons (Fsp3) is 0.727. The van der Waals surface area contributed by atoms with Crippen LogP contribution in [0.2, 0.25) is 0 Å². The molecule has 3 rings (SSSR count). The first kappa shape index (κ1) is 26.4. The van der Waals surface area contributed by atoms with Gasteiger partial charge in [0.05, 0.1) is 18.0 Å². The molecule has 2 aliphatic rings. The number of nitrogens with zero attached hydrogens (tertiary/aromatic N) is 5. The Hall–Kier alpha value is -2.18. The van der Waals surface area contributed by atoms with E-state index in [4.69, 9.17) is 0 Å². The predicted molar refractivity (Wildman–Crippen MR) is 129 cm³/mol. The van der Waals surface area contributed by atoms with E-state index in [-0.39, 0.29) is 30.1 Å². The van der Waals surface area contributed by atoms with Crippen molar-refractivity contribution in [3.05, 3.63) is 5.82 Å². The zero-order chi connectivity index (χ0) is 24.9. The van der Waals surface area contributed by atoms with Crippen LogP contribution < -0.4 is 15.8 Å². The van der Waals surface area contributed by atoms with E-state index in [1.165, 1.54) is 11.8 Å². The molecule has 2 heterocycles. The van der Waals surface area contributed by atoms with Gasteiger partial charge in [0.25, 0.3) is 0 Å². The smallest absolute Gasteiger partial charge is 0.243 e. The number of anilines is 2. The highest BCUT2D eigenvalue weighted by Gasteiger charge is 2.45. The van der Waals surface area contributed by atoms with E-state index in [1.54, 1.807) is 6.26 Å². The third kappa shape index (κ3) is 5.89. The molecule has 1 saturated heterocycles. The van der Waals surface area contributed by atoms with Crippen LogP contribution in [0.3, 0.4) is 0 Å². The third-order valence-corrected chi connectivity index (χ3v) is 7.72. The summed E-state index contributed by atoms with van der Waals surface area (Å²) in [6.45, 7) is 3.28. The molecule has 1 saturated carbocycles. The van der Waals surface area contributed by atoms with Crippen molar-refractivity contribution in [3.63, 3.8) is 0 Å². The van der Waals surface area contributed by atoms with Crippen molar-refractivity contribution < 1.29 is 19.2 Å². The Balaban J connectivity index is 1.71. The molecule has 190 valence electrons. The molecule has 0 unspecified atom stereocenters. The van der Waals surface area contributed by atoms with Gasteiger partial charge in [-0.05, 0) is 39.1 Å². The van der Waals surface area contributed by atoms with Crippen molar-refractivity contribution in [1.82, 2.24) is 25.4 Å². The Kier molecular flexibility index (Phi) is 8.94. The van der Waals surface area contributed by atoms with Crippen LogP contribution in [0.4, 0.5) is 16.0 Å². The molecule has 1 atom stereocenters. The minimum atomic E-state index is -0.634. The zero-order valence-electron chi connectivity index (χ0n) is 20.4. The maximum Gasteiger partial charge on any atom is 0.243 e. The lowest BCUT2D eigenvalue weighted by molar-refractivity contribution is -0.154. The lowest BCUT2D eigenvalue weighted by Gasteiger charge is -2.54. The molecule has 10 nitrogen and oxygen atoms in total. The Morgan fingerprint density at radius 2 is 2.03 bits per heavy atom. The fourth-order valence-electron chi connectivity index (χ4n) is 4.84. The van der Waals surface area contributed by atoms with Gasteiger partial charge in [0.1, 0.15) is 0 Å². The molecule has 34 heavy (non-hydrogen) atoms. The largest absolute Gasteiger partial charge is 0.350 e. The highest BCUT2D eigenvalue weighted by atomic mass is 32.2. The number of thioether (sulfide) groups is 1. The van der Waals surface area contributed by atoms with Crippen LogP contribution >= 0.6 is 11.8 Å². The molecule has 2 fully saturated rings. The molecular weight excluding hydrogens is 461 g/mol. The number of likely N-dealkylation sites (N-methyl/N-ethyl adjacent to an activating group) is 1. The molecule has 0 radical (unpaired) electrons. The van der Waals surface area contributed by atoms with Crippen LogP contribution in [0.25, 0.3) is 0 Å². The monoisotopic (exact) mass is 497 g/mol. The first-order chi connectivity index (χ1) is 16.2. The minimum absolute atomic E-state index is 0.0269. The molecule has 1 aliphatic heterocycles. The summed E-state index contributed by atoms with van der Waals surface area (Å²) < 4.78 is 15.4. The number of amides is 2. The zero-order valence-corrected chi connectivity index (χ0v) is 21.2. The molecule has 12 heteroatoms. The quantitative estimate of drug-likeness (QED) is 0.132. The maximum absolute atomic E-state index is 15.4. The molecule has 1 aromatic heterocycles. The number of carbonyl (C=O) groups is 2. The first-order valence-electron chi connectivity index (χ1n) is 11.7. The molecule has 0 bridgehead atoms. The Morgan fingerprint density at radius 3 is 2.59 bits per heavy atom. The Labute approximate surface area is 204 Å². The number of hydrogen-bond donors (Lipinski definition) is 3. The second-order valence-electron chi connectivity index (χ2n) is 9.45. The summed E-state index contributed by atoms with van der Waals surface area (Å²) >= 11 is 1.29. The summed E-state index contributed by atoms with van der Waals surface area (Å²) in [4.78, 5) is 36.4. The van der Waals surface area contributed by atoms with Crippen LogP contribution in [0, 0.1) is 17.7 Å². The fourth-order valence-corrected chi connectivity index (χ4v) is 5.20. The van der Waals surface area contributed by atoms with E-state index in [9.17, 15) is 14.8 Å². The number of hydroxylamine groups is 2. The van der Waals surface area contributed by atoms with Crippen molar-refractivity contribution in [2.24, 2.45) is 11.8 Å². The minimum Gasteiger partial charge on any atom is -0.350 e. The number of aromatic nitrogens is 2. The predicted octanol–water partition coefficient (Wildman–Crippen LogP) is 2.36. The van der Waals surface area contributed by atoms with Gasteiger partial charge in [-0.2, -0.15) is 4.39 Å². The van der Waals surface area contributed by atoms with Crippen molar-refractivity contribution in [2.75, 3.05) is 50.3 Å². The molecule has 2 amide bonds. The third-order valence-electron chi connectivity index (χ3n) is 7.17. The Morgan fingerprint density at radius 1 is 1.35 bits per heavy atom. The van der Waals surface area contributed by atoms with E-state index < -0.39 is 17.6 Å². The molecule has 0 aromatic carbocycles. The average Bonchev–Trinajstić information content (AvgIpc) is 3.30. The van der Waals surface area contributed by atoms with Crippen molar-refractivity contribution >= 4 is 35.7 Å². The summed E-state index contributed by atoms with van der Waals surface area (Å²) in [5, 5.41) is 10.5. The van der Waals surface area contributed by atoms with Crippen LogP contribution in [0.15, 0.2) is 5.16 Å². The number of hydrogen-bond acceptors (Lipinski definition) is 9. The second kappa shape index (κ2) is 11.5. The van der Waals surface area contributed by atoms with Crippen LogP contribution in [-0.4, -0.2) is 83.0 Å². The topological polar surface area (TPSA) is 114 Å². The van der Waals surface area contributed by atoms with Crippen LogP contribution in [-0.2, 0) is 9.59 Å². The van der Waals surface area contributed by atoms with Gasteiger partial charge in [-0.25, -0.2) is 15.0 Å². The van der Waals surface area contributed by atoms with Crippen LogP contribution in [0.1, 0.15) is 45.4 Å². The van der Waals surface area contributed by atoms with Crippen molar-refractivity contribution in [1.29, 1.82) is 0 Å². The van der Waals surface area contributed by atoms with Gasteiger partial charge >= 0.3 is 0 Å². The summed E-state index contributed by atoms with van der Waals surface area (Å²) in [5.74, 6) is -1.24. The molecular formula is C22H36FN7O3S. The van der Waals surface area contributed by atoms with E-state index >= 15 is 4.39 Å². The second-order valence-corrected chi connectivity index (χ2v) is 10.2. The summed E-state index contributed by atoms with van der Waals surface area (Å²) in [6, 6.07) is 0. The maximum atomic E-state index is 15.4. The summed E-state index contributed by atoms with van der Waals surface area (Å²) in [7, 11) is 4.04. The SMILES string of the molecule is CCC1(N(C)C)CN(c2nc(SC)nc(NNC(=O)[C@H](CC3CCCC3)CN(O)C=O)c2F)C1. The van der Waals surface area contributed by atoms with Crippen molar-refractivity contribution in [3.8, 4) is 0 Å². The summed E-state index contributed by atoms with van der Waals surface area (Å²) in [6.07, 6.45) is 7.83. The highest BCUT2D eigenvalue weighted by molar-refractivity contribution is 7.98. The van der Waals surface area contributed by atoms with E-state index in [1.807, 2.05) is 19.0 Å². The van der Waals surface area contributed by atoms with E-state index in [0.717, 1.165) is 32.1 Å². The molecule has 0 spiro atoms. The van der Waals surface area contributed by atoms with Gasteiger partial charge in [-0.15, -0.1) is 0 Å². The van der Waals surface area contributed by atoms with Gasteiger partial charge in [0.2, 0.25) is 18.1 Å². The van der Waals surface area contributed by atoms with Gasteiger partial charge < -0.3 is 9.80 Å². The van der Waals surface area contributed by atoms with E-state index in [0.29, 0.717) is 35.6 Å². The summed E-state index contributed by atoms with van der Waals surface area (Å²) in [5.41, 5.74) is 5.13. The van der Waals surface area contributed by atoms with Gasteiger partial charge in [0, 0.05) is 13.1 Å². The molecule has 3 N–H and O–H groups in total. The molecule has 1 aromatic rings. The first-order valence-corrected chi connectivity index (χ1v) is 13.0. The van der Waals surface area contributed by atoms with Gasteiger partial charge in [-0.3, -0.25) is 25.6 Å². The lowest BCUT2D eigenvalue weighted by Crippen LogP contribution is -2.68. The lowest BCUT2D eigenvalue weighted by atomic mass is 9.85.